The Bertz CT molecular complexity index is 292. The summed E-state index contributed by atoms with van der Waals surface area (Å²) in [5.41, 5.74) is 3.26. The van der Waals surface area contributed by atoms with Crippen LogP contribution < -0.4 is 4.90 Å². The summed E-state index contributed by atoms with van der Waals surface area (Å²) in [6.45, 7) is 4.06. The third kappa shape index (κ3) is 1.37. The molecule has 0 heterocycles. The number of hydrogen-bond donors (Lipinski definition) is 1. The number of aryl methyl sites for hydroxylation is 1. The van der Waals surface area contributed by atoms with E-state index >= 15 is 0 Å². The third-order valence-corrected chi connectivity index (χ3v) is 2.13. The molecule has 1 aromatic rings. The standard InChI is InChI=1S/C10H15NO/c1-7-5-6-9(12)10(8(7)2)11(3)4/h5-6,12H,1-4H3. The maximum absolute atomic E-state index is 9.54. The second-order valence-corrected chi connectivity index (χ2v) is 3.27. The van der Waals surface area contributed by atoms with Crippen molar-refractivity contribution in [3.63, 3.8) is 0 Å². The van der Waals surface area contributed by atoms with Crippen molar-refractivity contribution in [3.8, 4) is 5.75 Å². The molecule has 0 amide bonds. The molecule has 1 rings (SSSR count). The van der Waals surface area contributed by atoms with Crippen LogP contribution in [0.3, 0.4) is 0 Å². The molecular formula is C10H15NO. The fourth-order valence-electron chi connectivity index (χ4n) is 1.35. The molecule has 0 aliphatic heterocycles. The van der Waals surface area contributed by atoms with Gasteiger partial charge < -0.3 is 10.0 Å². The van der Waals surface area contributed by atoms with E-state index in [1.54, 1.807) is 6.07 Å². The first kappa shape index (κ1) is 8.91. The molecule has 0 aliphatic rings. The van der Waals surface area contributed by atoms with Crippen LogP contribution in [-0.4, -0.2) is 19.2 Å². The molecule has 0 unspecified atom stereocenters. The Labute approximate surface area is 73.4 Å². The highest BCUT2D eigenvalue weighted by Gasteiger charge is 2.07. The Morgan fingerprint density at radius 2 is 1.75 bits per heavy atom. The zero-order valence-electron chi connectivity index (χ0n) is 8.05. The summed E-state index contributed by atoms with van der Waals surface area (Å²) in [6, 6.07) is 3.66. The molecule has 2 heteroatoms. The Morgan fingerprint density at radius 3 is 2.17 bits per heavy atom. The molecule has 0 bridgehead atoms. The fraction of sp³-hybridized carbons (Fsp3) is 0.400. The van der Waals surface area contributed by atoms with Crippen LogP contribution in [0.25, 0.3) is 0 Å². The predicted molar refractivity (Wildman–Crippen MR) is 51.9 cm³/mol. The van der Waals surface area contributed by atoms with Crippen LogP contribution in [-0.2, 0) is 0 Å². The van der Waals surface area contributed by atoms with Gasteiger partial charge in [0, 0.05) is 14.1 Å². The highest BCUT2D eigenvalue weighted by atomic mass is 16.3. The van der Waals surface area contributed by atoms with Crippen LogP contribution in [0.4, 0.5) is 5.69 Å². The lowest BCUT2D eigenvalue weighted by atomic mass is 10.1. The number of nitrogens with zero attached hydrogens (tertiary/aromatic N) is 1. The van der Waals surface area contributed by atoms with Crippen molar-refractivity contribution in [2.75, 3.05) is 19.0 Å². The van der Waals surface area contributed by atoms with Crippen molar-refractivity contribution in [1.82, 2.24) is 0 Å². The van der Waals surface area contributed by atoms with E-state index < -0.39 is 0 Å². The zero-order chi connectivity index (χ0) is 9.30. The summed E-state index contributed by atoms with van der Waals surface area (Å²) in [7, 11) is 3.86. The van der Waals surface area contributed by atoms with Gasteiger partial charge in [-0.15, -0.1) is 0 Å². The van der Waals surface area contributed by atoms with Crippen molar-refractivity contribution in [3.05, 3.63) is 23.3 Å². The van der Waals surface area contributed by atoms with E-state index in [0.717, 1.165) is 11.3 Å². The highest BCUT2D eigenvalue weighted by molar-refractivity contribution is 5.64. The number of anilines is 1. The van der Waals surface area contributed by atoms with Gasteiger partial charge in [0.25, 0.3) is 0 Å². The second-order valence-electron chi connectivity index (χ2n) is 3.27. The van der Waals surface area contributed by atoms with Crippen LogP contribution in [0, 0.1) is 13.8 Å². The maximum atomic E-state index is 9.54. The number of phenolic OH excluding ortho intramolecular Hbond substituents is 1. The van der Waals surface area contributed by atoms with E-state index in [9.17, 15) is 5.11 Å². The third-order valence-electron chi connectivity index (χ3n) is 2.13. The summed E-state index contributed by atoms with van der Waals surface area (Å²) in [4.78, 5) is 1.93. The molecule has 1 aromatic carbocycles. The lowest BCUT2D eigenvalue weighted by Crippen LogP contribution is -2.10. The van der Waals surface area contributed by atoms with Crippen LogP contribution in [0.1, 0.15) is 11.1 Å². The first-order valence-corrected chi connectivity index (χ1v) is 4.00. The Balaban J connectivity index is 3.33. The molecule has 1 N–H and O–H groups in total. The number of hydrogen-bond acceptors (Lipinski definition) is 2. The second kappa shape index (κ2) is 3.05. The smallest absolute Gasteiger partial charge is 0.139 e. The summed E-state index contributed by atoms with van der Waals surface area (Å²) >= 11 is 0. The fourth-order valence-corrected chi connectivity index (χ4v) is 1.35. The number of phenols is 1. The minimum Gasteiger partial charge on any atom is -0.506 e. The summed E-state index contributed by atoms with van der Waals surface area (Å²) < 4.78 is 0. The quantitative estimate of drug-likeness (QED) is 0.688. The Hall–Kier alpha value is -1.18. The topological polar surface area (TPSA) is 23.5 Å². The van der Waals surface area contributed by atoms with Gasteiger partial charge in [0.2, 0.25) is 0 Å². The first-order chi connectivity index (χ1) is 5.54. The summed E-state index contributed by atoms with van der Waals surface area (Å²) in [5.74, 6) is 0.350. The van der Waals surface area contributed by atoms with E-state index in [4.69, 9.17) is 0 Å². The van der Waals surface area contributed by atoms with Gasteiger partial charge in [-0.1, -0.05) is 6.07 Å². The lowest BCUT2D eigenvalue weighted by Gasteiger charge is -2.18. The van der Waals surface area contributed by atoms with Gasteiger partial charge in [0.1, 0.15) is 5.75 Å². The monoisotopic (exact) mass is 165 g/mol. The van der Waals surface area contributed by atoms with Crippen molar-refractivity contribution in [2.24, 2.45) is 0 Å². The van der Waals surface area contributed by atoms with Gasteiger partial charge in [0.15, 0.2) is 0 Å². The highest BCUT2D eigenvalue weighted by Crippen LogP contribution is 2.30. The number of aromatic hydroxyl groups is 1. The largest absolute Gasteiger partial charge is 0.506 e. The predicted octanol–water partition coefficient (Wildman–Crippen LogP) is 2.08. The molecule has 0 saturated heterocycles. The number of rotatable bonds is 1. The molecule has 0 aliphatic carbocycles. The first-order valence-electron chi connectivity index (χ1n) is 4.00. The van der Waals surface area contributed by atoms with Gasteiger partial charge in [-0.25, -0.2) is 0 Å². The average molecular weight is 165 g/mol. The summed E-state index contributed by atoms with van der Waals surface area (Å²) in [6.07, 6.45) is 0. The molecule has 0 spiro atoms. The van der Waals surface area contributed by atoms with E-state index in [-0.39, 0.29) is 0 Å². The molecule has 0 radical (unpaired) electrons. The minimum absolute atomic E-state index is 0.350. The van der Waals surface area contributed by atoms with Crippen molar-refractivity contribution < 1.29 is 5.11 Å². The maximum Gasteiger partial charge on any atom is 0.139 e. The Kier molecular flexibility index (Phi) is 2.27. The average Bonchev–Trinajstić information content (AvgIpc) is 1.97. The van der Waals surface area contributed by atoms with Gasteiger partial charge in [-0.3, -0.25) is 0 Å². The van der Waals surface area contributed by atoms with Gasteiger partial charge in [0.05, 0.1) is 5.69 Å². The van der Waals surface area contributed by atoms with Crippen molar-refractivity contribution in [1.29, 1.82) is 0 Å². The normalized spacial score (nSPS) is 10.0. The Morgan fingerprint density at radius 1 is 1.17 bits per heavy atom. The van der Waals surface area contributed by atoms with Gasteiger partial charge in [-0.05, 0) is 31.0 Å². The summed E-state index contributed by atoms with van der Waals surface area (Å²) in [5, 5.41) is 9.54. The lowest BCUT2D eigenvalue weighted by molar-refractivity contribution is 0.475. The van der Waals surface area contributed by atoms with Crippen LogP contribution in [0.5, 0.6) is 5.75 Å². The van der Waals surface area contributed by atoms with E-state index in [1.807, 2.05) is 38.9 Å². The SMILES string of the molecule is Cc1ccc(O)c(N(C)C)c1C. The molecule has 0 aromatic heterocycles. The molecule has 0 atom stereocenters. The van der Waals surface area contributed by atoms with Crippen molar-refractivity contribution in [2.45, 2.75) is 13.8 Å². The van der Waals surface area contributed by atoms with Crippen LogP contribution in [0.15, 0.2) is 12.1 Å². The molecule has 12 heavy (non-hydrogen) atoms. The van der Waals surface area contributed by atoms with E-state index in [1.165, 1.54) is 5.56 Å². The molecule has 2 nitrogen and oxygen atoms in total. The zero-order valence-corrected chi connectivity index (χ0v) is 8.05. The van der Waals surface area contributed by atoms with E-state index in [2.05, 4.69) is 0 Å². The minimum atomic E-state index is 0.350. The van der Waals surface area contributed by atoms with E-state index in [0.29, 0.717) is 5.75 Å². The number of benzene rings is 1. The van der Waals surface area contributed by atoms with Crippen LogP contribution in [0.2, 0.25) is 0 Å². The molecule has 66 valence electrons. The molecule has 0 saturated carbocycles. The van der Waals surface area contributed by atoms with Crippen LogP contribution >= 0.6 is 0 Å². The van der Waals surface area contributed by atoms with Crippen molar-refractivity contribution >= 4 is 5.69 Å². The van der Waals surface area contributed by atoms with Gasteiger partial charge in [-0.2, -0.15) is 0 Å². The van der Waals surface area contributed by atoms with Gasteiger partial charge >= 0.3 is 0 Å². The molecule has 0 fully saturated rings. The molecular weight excluding hydrogens is 150 g/mol.